The van der Waals surface area contributed by atoms with Gasteiger partial charge in [0.2, 0.25) is 0 Å². The summed E-state index contributed by atoms with van der Waals surface area (Å²) in [7, 11) is 0. The minimum absolute atomic E-state index is 0.231. The van der Waals surface area contributed by atoms with Crippen molar-refractivity contribution in [3.8, 4) is 0 Å². The predicted molar refractivity (Wildman–Crippen MR) is 49.9 cm³/mol. The number of hydrogen-bond acceptors (Lipinski definition) is 3. The molecule has 1 aliphatic carbocycles. The maximum atomic E-state index is 8.80. The van der Waals surface area contributed by atoms with E-state index in [2.05, 4.69) is 11.5 Å². The van der Waals surface area contributed by atoms with Gasteiger partial charge in [-0.3, -0.25) is 4.90 Å². The molecular weight excluding hydrogens is 152 g/mol. The molecule has 0 aliphatic heterocycles. The van der Waals surface area contributed by atoms with Crippen molar-refractivity contribution in [1.82, 2.24) is 4.90 Å². The van der Waals surface area contributed by atoms with E-state index in [4.69, 9.17) is 10.8 Å². The largest absolute Gasteiger partial charge is 0.395 e. The summed E-state index contributed by atoms with van der Waals surface area (Å²) >= 11 is 0. The lowest BCUT2D eigenvalue weighted by atomic mass is 10.3. The summed E-state index contributed by atoms with van der Waals surface area (Å²) in [6, 6.07) is 0.681. The number of nitrogens with two attached hydrogens (primary N) is 1. The quantitative estimate of drug-likeness (QED) is 0.550. The first-order valence-corrected chi connectivity index (χ1v) is 4.49. The second kappa shape index (κ2) is 4.60. The second-order valence-corrected chi connectivity index (χ2v) is 3.38. The molecule has 1 saturated carbocycles. The summed E-state index contributed by atoms with van der Waals surface area (Å²) in [6.45, 7) is 6.24. The predicted octanol–water partition coefficient (Wildman–Crippen LogP) is -0.0420. The van der Waals surface area contributed by atoms with Crippen LogP contribution in [-0.2, 0) is 0 Å². The molecule has 3 heteroatoms. The molecule has 70 valence electrons. The second-order valence-electron chi connectivity index (χ2n) is 3.38. The van der Waals surface area contributed by atoms with Crippen LogP contribution < -0.4 is 5.73 Å². The normalized spacial score (nSPS) is 16.9. The van der Waals surface area contributed by atoms with Crippen molar-refractivity contribution in [3.63, 3.8) is 0 Å². The highest BCUT2D eigenvalue weighted by molar-refractivity contribution is 5.01. The first-order chi connectivity index (χ1) is 5.77. The van der Waals surface area contributed by atoms with Crippen LogP contribution in [0.5, 0.6) is 0 Å². The van der Waals surface area contributed by atoms with Gasteiger partial charge >= 0.3 is 0 Å². The van der Waals surface area contributed by atoms with Gasteiger partial charge in [0.05, 0.1) is 6.61 Å². The van der Waals surface area contributed by atoms with Gasteiger partial charge in [0.15, 0.2) is 0 Å². The summed E-state index contributed by atoms with van der Waals surface area (Å²) in [4.78, 5) is 2.26. The van der Waals surface area contributed by atoms with E-state index in [1.165, 1.54) is 12.8 Å². The van der Waals surface area contributed by atoms with Gasteiger partial charge in [0, 0.05) is 25.7 Å². The first-order valence-electron chi connectivity index (χ1n) is 4.49. The monoisotopic (exact) mass is 170 g/mol. The number of rotatable bonds is 6. The van der Waals surface area contributed by atoms with Gasteiger partial charge in [-0.05, 0) is 18.4 Å². The number of aliphatic hydroxyl groups excluding tert-OH is 1. The standard InChI is InChI=1S/C9H18N2O/c1-8(6-10)7-11(4-5-12)9-2-3-9/h9,12H,1-7,10H2. The Morgan fingerprint density at radius 3 is 2.67 bits per heavy atom. The summed E-state index contributed by atoms with van der Waals surface area (Å²) < 4.78 is 0. The van der Waals surface area contributed by atoms with E-state index in [-0.39, 0.29) is 6.61 Å². The van der Waals surface area contributed by atoms with Crippen LogP contribution >= 0.6 is 0 Å². The van der Waals surface area contributed by atoms with Crippen molar-refractivity contribution < 1.29 is 5.11 Å². The van der Waals surface area contributed by atoms with Crippen LogP contribution in [0.25, 0.3) is 0 Å². The van der Waals surface area contributed by atoms with Crippen molar-refractivity contribution in [3.05, 3.63) is 12.2 Å². The zero-order valence-corrected chi connectivity index (χ0v) is 7.50. The maximum absolute atomic E-state index is 8.80. The molecule has 1 rings (SSSR count). The Kier molecular flexibility index (Phi) is 3.72. The molecule has 0 unspecified atom stereocenters. The maximum Gasteiger partial charge on any atom is 0.0558 e. The van der Waals surface area contributed by atoms with Gasteiger partial charge in [0.1, 0.15) is 0 Å². The average molecular weight is 170 g/mol. The Balaban J connectivity index is 2.26. The molecule has 0 aromatic carbocycles. The Labute approximate surface area is 73.9 Å². The van der Waals surface area contributed by atoms with E-state index < -0.39 is 0 Å². The minimum Gasteiger partial charge on any atom is -0.395 e. The zero-order chi connectivity index (χ0) is 8.97. The van der Waals surface area contributed by atoms with Gasteiger partial charge in [-0.1, -0.05) is 6.58 Å². The van der Waals surface area contributed by atoms with Crippen molar-refractivity contribution >= 4 is 0 Å². The molecule has 0 aromatic rings. The van der Waals surface area contributed by atoms with E-state index in [9.17, 15) is 0 Å². The van der Waals surface area contributed by atoms with Crippen LogP contribution in [0.1, 0.15) is 12.8 Å². The van der Waals surface area contributed by atoms with Crippen LogP contribution in [0.15, 0.2) is 12.2 Å². The molecule has 0 spiro atoms. The Hall–Kier alpha value is -0.380. The van der Waals surface area contributed by atoms with E-state index in [1.807, 2.05) is 0 Å². The fourth-order valence-corrected chi connectivity index (χ4v) is 1.31. The number of nitrogens with zero attached hydrogens (tertiary/aromatic N) is 1. The summed E-state index contributed by atoms with van der Waals surface area (Å²) in [5.74, 6) is 0. The molecule has 0 aromatic heterocycles. The SMILES string of the molecule is C=C(CN)CN(CCO)C1CC1. The smallest absolute Gasteiger partial charge is 0.0558 e. The minimum atomic E-state index is 0.231. The third-order valence-electron chi connectivity index (χ3n) is 2.17. The lowest BCUT2D eigenvalue weighted by Gasteiger charge is -2.21. The number of hydrogen-bond donors (Lipinski definition) is 2. The Morgan fingerprint density at radius 1 is 1.58 bits per heavy atom. The summed E-state index contributed by atoms with van der Waals surface area (Å²) in [5, 5.41) is 8.80. The van der Waals surface area contributed by atoms with Crippen molar-refractivity contribution in [2.24, 2.45) is 5.73 Å². The molecule has 0 bridgehead atoms. The molecule has 1 fully saturated rings. The lowest BCUT2D eigenvalue weighted by Crippen LogP contribution is -2.32. The summed E-state index contributed by atoms with van der Waals surface area (Å²) in [6.07, 6.45) is 2.52. The zero-order valence-electron chi connectivity index (χ0n) is 7.50. The third kappa shape index (κ3) is 2.93. The topological polar surface area (TPSA) is 49.5 Å². The highest BCUT2D eigenvalue weighted by Gasteiger charge is 2.28. The van der Waals surface area contributed by atoms with Crippen LogP contribution in [-0.4, -0.2) is 42.3 Å². The highest BCUT2D eigenvalue weighted by Crippen LogP contribution is 2.26. The van der Waals surface area contributed by atoms with Gasteiger partial charge in [0.25, 0.3) is 0 Å². The van der Waals surface area contributed by atoms with Crippen LogP contribution in [0.3, 0.4) is 0 Å². The van der Waals surface area contributed by atoms with Gasteiger partial charge in [-0.2, -0.15) is 0 Å². The number of aliphatic hydroxyl groups is 1. The van der Waals surface area contributed by atoms with Crippen molar-refractivity contribution in [2.45, 2.75) is 18.9 Å². The van der Waals surface area contributed by atoms with Gasteiger partial charge in [-0.25, -0.2) is 0 Å². The fraction of sp³-hybridized carbons (Fsp3) is 0.778. The molecule has 0 amide bonds. The highest BCUT2D eigenvalue weighted by atomic mass is 16.3. The van der Waals surface area contributed by atoms with Crippen molar-refractivity contribution in [1.29, 1.82) is 0 Å². The van der Waals surface area contributed by atoms with E-state index in [1.54, 1.807) is 0 Å². The van der Waals surface area contributed by atoms with Gasteiger partial charge in [-0.15, -0.1) is 0 Å². The summed E-state index contributed by atoms with van der Waals surface area (Å²) in [5.41, 5.74) is 6.50. The van der Waals surface area contributed by atoms with Crippen LogP contribution in [0.2, 0.25) is 0 Å². The Bertz CT molecular complexity index is 155. The molecule has 1 aliphatic rings. The fourth-order valence-electron chi connectivity index (χ4n) is 1.31. The molecule has 0 heterocycles. The van der Waals surface area contributed by atoms with Crippen LogP contribution in [0, 0.1) is 0 Å². The van der Waals surface area contributed by atoms with Gasteiger partial charge < -0.3 is 10.8 Å². The molecule has 12 heavy (non-hydrogen) atoms. The van der Waals surface area contributed by atoms with Crippen LogP contribution in [0.4, 0.5) is 0 Å². The average Bonchev–Trinajstić information content (AvgIpc) is 2.86. The molecular formula is C9H18N2O. The molecule has 0 atom stereocenters. The third-order valence-corrected chi connectivity index (χ3v) is 2.17. The Morgan fingerprint density at radius 2 is 2.25 bits per heavy atom. The molecule has 0 saturated heterocycles. The molecule has 3 nitrogen and oxygen atoms in total. The van der Waals surface area contributed by atoms with E-state index in [0.29, 0.717) is 12.6 Å². The van der Waals surface area contributed by atoms with E-state index in [0.717, 1.165) is 18.7 Å². The van der Waals surface area contributed by atoms with Crippen molar-refractivity contribution in [2.75, 3.05) is 26.2 Å². The first kappa shape index (κ1) is 9.71. The molecule has 3 N–H and O–H groups in total. The van der Waals surface area contributed by atoms with E-state index >= 15 is 0 Å². The molecule has 0 radical (unpaired) electrons. The lowest BCUT2D eigenvalue weighted by molar-refractivity contribution is 0.199.